The molecule has 86 valence electrons. The number of rotatable bonds is 1. The molecule has 1 aliphatic carbocycles. The van der Waals surface area contributed by atoms with Crippen LogP contribution in [0.3, 0.4) is 0 Å². The lowest BCUT2D eigenvalue weighted by atomic mass is 10.0. The minimum atomic E-state index is -0.578. The molecule has 4 heteroatoms. The number of hydrogen-bond acceptors (Lipinski definition) is 3. The molecule has 1 fully saturated rings. The number of nitrogens with zero attached hydrogens (tertiary/aromatic N) is 3. The van der Waals surface area contributed by atoms with Gasteiger partial charge in [0.05, 0.1) is 17.3 Å². The minimum absolute atomic E-state index is 0.332. The summed E-state index contributed by atoms with van der Waals surface area (Å²) < 4.78 is 13.3. The van der Waals surface area contributed by atoms with Crippen molar-refractivity contribution >= 4 is 5.57 Å². The van der Waals surface area contributed by atoms with Gasteiger partial charge in [-0.15, -0.1) is 0 Å². The Morgan fingerprint density at radius 1 is 1.53 bits per heavy atom. The Balaban J connectivity index is 2.04. The molecule has 0 saturated carbocycles. The van der Waals surface area contributed by atoms with E-state index in [1.54, 1.807) is 6.07 Å². The zero-order valence-electron chi connectivity index (χ0n) is 9.52. The fourth-order valence-electron chi connectivity index (χ4n) is 2.85. The van der Waals surface area contributed by atoms with Crippen LogP contribution in [0, 0.1) is 23.2 Å². The topological polar surface area (TPSA) is 39.9 Å². The molecule has 1 aliphatic heterocycles. The van der Waals surface area contributed by atoms with Crippen molar-refractivity contribution in [3.63, 3.8) is 0 Å². The minimum Gasteiger partial charge on any atom is -0.299 e. The molecule has 2 bridgehead atoms. The monoisotopic (exact) mass is 229 g/mol. The molecule has 0 radical (unpaired) electrons. The highest BCUT2D eigenvalue weighted by molar-refractivity contribution is 5.71. The SMILES string of the molecule is CN1CC2C=C(c3cc(C#N)cc(F)n3)C1C2. The Kier molecular flexibility index (Phi) is 2.23. The molecule has 2 aliphatic rings. The standard InChI is InChI=1S/C13H12FN3/c1-17-7-9-2-10(12(17)4-9)11-3-8(6-15)5-13(14)16-11/h2-3,5,9,12H,4,7H2,1H3. The molecule has 2 unspecified atom stereocenters. The summed E-state index contributed by atoms with van der Waals surface area (Å²) in [6.07, 6.45) is 3.26. The molecule has 0 amide bonds. The molecule has 2 atom stereocenters. The van der Waals surface area contributed by atoms with E-state index in [9.17, 15) is 4.39 Å². The molecule has 0 N–H and O–H groups in total. The summed E-state index contributed by atoms with van der Waals surface area (Å²) in [7, 11) is 2.07. The molecule has 2 heterocycles. The first kappa shape index (κ1) is 10.4. The van der Waals surface area contributed by atoms with Crippen molar-refractivity contribution < 1.29 is 4.39 Å². The Morgan fingerprint density at radius 3 is 3.00 bits per heavy atom. The van der Waals surface area contributed by atoms with Gasteiger partial charge in [-0.05, 0) is 31.0 Å². The number of halogens is 1. The molecular weight excluding hydrogens is 217 g/mol. The second-order valence-corrected chi connectivity index (χ2v) is 4.75. The van der Waals surface area contributed by atoms with Crippen molar-refractivity contribution in [3.8, 4) is 6.07 Å². The van der Waals surface area contributed by atoms with Crippen molar-refractivity contribution in [1.82, 2.24) is 9.88 Å². The maximum atomic E-state index is 13.3. The van der Waals surface area contributed by atoms with E-state index in [0.29, 0.717) is 23.2 Å². The van der Waals surface area contributed by atoms with Crippen molar-refractivity contribution in [2.45, 2.75) is 12.5 Å². The normalized spacial score (nSPS) is 27.0. The van der Waals surface area contributed by atoms with Crippen LogP contribution in [0.1, 0.15) is 17.7 Å². The third kappa shape index (κ3) is 1.63. The van der Waals surface area contributed by atoms with E-state index >= 15 is 0 Å². The highest BCUT2D eigenvalue weighted by Gasteiger charge is 2.38. The first-order valence-corrected chi connectivity index (χ1v) is 5.67. The first-order valence-electron chi connectivity index (χ1n) is 5.67. The van der Waals surface area contributed by atoms with Crippen LogP contribution in [0.5, 0.6) is 0 Å². The molecule has 17 heavy (non-hydrogen) atoms. The zero-order valence-corrected chi connectivity index (χ0v) is 9.52. The molecule has 0 aromatic carbocycles. The van der Waals surface area contributed by atoms with Crippen molar-refractivity contribution in [2.24, 2.45) is 5.92 Å². The predicted octanol–water partition coefficient (Wildman–Crippen LogP) is 1.81. The van der Waals surface area contributed by atoms with Gasteiger partial charge in [-0.2, -0.15) is 9.65 Å². The van der Waals surface area contributed by atoms with Gasteiger partial charge >= 0.3 is 0 Å². The first-order chi connectivity index (χ1) is 8.17. The van der Waals surface area contributed by atoms with E-state index in [0.717, 1.165) is 18.5 Å². The average molecular weight is 229 g/mol. The highest BCUT2D eigenvalue weighted by Crippen LogP contribution is 2.40. The van der Waals surface area contributed by atoms with Gasteiger partial charge in [0.2, 0.25) is 5.95 Å². The van der Waals surface area contributed by atoms with Gasteiger partial charge < -0.3 is 0 Å². The van der Waals surface area contributed by atoms with E-state index in [2.05, 4.69) is 23.0 Å². The largest absolute Gasteiger partial charge is 0.299 e. The van der Waals surface area contributed by atoms with Crippen LogP contribution in [-0.4, -0.2) is 29.5 Å². The van der Waals surface area contributed by atoms with E-state index in [1.165, 1.54) is 6.07 Å². The summed E-state index contributed by atoms with van der Waals surface area (Å²) in [5.74, 6) is -0.0269. The molecule has 3 nitrogen and oxygen atoms in total. The van der Waals surface area contributed by atoms with Crippen molar-refractivity contribution in [1.29, 1.82) is 5.26 Å². The summed E-state index contributed by atoms with van der Waals surface area (Å²) in [6, 6.07) is 5.14. The Bertz CT molecular complexity index is 544. The lowest BCUT2D eigenvalue weighted by Gasteiger charge is -2.23. The predicted molar refractivity (Wildman–Crippen MR) is 61.4 cm³/mol. The lowest BCUT2D eigenvalue weighted by molar-refractivity contribution is 0.352. The number of hydrogen-bond donors (Lipinski definition) is 0. The van der Waals surface area contributed by atoms with Crippen LogP contribution in [0.4, 0.5) is 4.39 Å². The van der Waals surface area contributed by atoms with E-state index in [-0.39, 0.29) is 0 Å². The summed E-state index contributed by atoms with van der Waals surface area (Å²) in [5, 5.41) is 8.84. The Labute approximate surface area is 99.2 Å². The summed E-state index contributed by atoms with van der Waals surface area (Å²) >= 11 is 0. The van der Waals surface area contributed by atoms with Crippen LogP contribution < -0.4 is 0 Å². The van der Waals surface area contributed by atoms with Crippen LogP contribution in [0.2, 0.25) is 0 Å². The number of aromatic nitrogens is 1. The van der Waals surface area contributed by atoms with Crippen molar-refractivity contribution in [2.75, 3.05) is 13.6 Å². The van der Waals surface area contributed by atoms with E-state index in [4.69, 9.17) is 5.26 Å². The summed E-state index contributed by atoms with van der Waals surface area (Å²) in [4.78, 5) is 6.17. The van der Waals surface area contributed by atoms with Gasteiger partial charge in [-0.25, -0.2) is 4.98 Å². The van der Waals surface area contributed by atoms with Gasteiger partial charge in [-0.1, -0.05) is 6.08 Å². The Hall–Kier alpha value is -1.73. The lowest BCUT2D eigenvalue weighted by Crippen LogP contribution is -2.28. The fourth-order valence-corrected chi connectivity index (χ4v) is 2.85. The maximum absolute atomic E-state index is 13.3. The smallest absolute Gasteiger partial charge is 0.214 e. The quantitative estimate of drug-likeness (QED) is 0.689. The molecular formula is C13H12FN3. The van der Waals surface area contributed by atoms with E-state index < -0.39 is 5.95 Å². The number of nitriles is 1. The number of pyridine rings is 1. The van der Waals surface area contributed by atoms with Crippen LogP contribution in [0.15, 0.2) is 18.2 Å². The third-order valence-electron chi connectivity index (χ3n) is 3.57. The molecule has 0 spiro atoms. The maximum Gasteiger partial charge on any atom is 0.214 e. The van der Waals surface area contributed by atoms with Crippen LogP contribution >= 0.6 is 0 Å². The van der Waals surface area contributed by atoms with Gasteiger partial charge in [0.25, 0.3) is 0 Å². The van der Waals surface area contributed by atoms with Crippen LogP contribution in [-0.2, 0) is 0 Å². The van der Waals surface area contributed by atoms with Gasteiger partial charge in [0.15, 0.2) is 0 Å². The molecule has 1 aromatic rings. The van der Waals surface area contributed by atoms with Crippen LogP contribution in [0.25, 0.3) is 5.57 Å². The number of likely N-dealkylation sites (N-methyl/N-ethyl adjacent to an activating group) is 1. The second-order valence-electron chi connectivity index (χ2n) is 4.75. The fraction of sp³-hybridized carbons (Fsp3) is 0.385. The zero-order chi connectivity index (χ0) is 12.0. The van der Waals surface area contributed by atoms with Gasteiger partial charge in [-0.3, -0.25) is 4.90 Å². The van der Waals surface area contributed by atoms with Gasteiger partial charge in [0.1, 0.15) is 0 Å². The summed E-state index contributed by atoms with van der Waals surface area (Å²) in [6.45, 7) is 1.06. The van der Waals surface area contributed by atoms with Crippen molar-refractivity contribution in [3.05, 3.63) is 35.4 Å². The summed E-state index contributed by atoms with van der Waals surface area (Å²) in [5.41, 5.74) is 2.01. The van der Waals surface area contributed by atoms with Gasteiger partial charge in [0, 0.05) is 18.7 Å². The molecule has 3 rings (SSSR count). The second kappa shape index (κ2) is 3.64. The molecule has 1 saturated heterocycles. The number of likely N-dealkylation sites (tertiary alicyclic amines) is 1. The Morgan fingerprint density at radius 2 is 2.35 bits per heavy atom. The van der Waals surface area contributed by atoms with E-state index in [1.807, 2.05) is 6.07 Å². The average Bonchev–Trinajstić information content (AvgIpc) is 2.86. The molecule has 1 aromatic heterocycles. The highest BCUT2D eigenvalue weighted by atomic mass is 19.1. The number of fused-ring (bicyclic) bond motifs is 2. The third-order valence-corrected chi connectivity index (χ3v) is 3.57.